The smallest absolute Gasteiger partial charge is 0.147 e. The molecule has 8 heteroatoms. The molecule has 0 fully saturated rings. The number of hydrogen-bond acceptors (Lipinski definition) is 7. The lowest BCUT2D eigenvalue weighted by atomic mass is 10.1. The molecule has 1 N–H and O–H groups in total. The summed E-state index contributed by atoms with van der Waals surface area (Å²) in [6, 6.07) is 7.75. The molecule has 0 radical (unpaired) electrons. The highest BCUT2D eigenvalue weighted by molar-refractivity contribution is 5.94. The first-order valence-corrected chi connectivity index (χ1v) is 8.96. The summed E-state index contributed by atoms with van der Waals surface area (Å²) in [6.45, 7) is 5.94. The molecule has 4 rings (SSSR count). The molecule has 0 aliphatic carbocycles. The summed E-state index contributed by atoms with van der Waals surface area (Å²) in [4.78, 5) is 8.86. The Bertz CT molecular complexity index is 1120. The zero-order chi connectivity index (χ0) is 19.7. The van der Waals surface area contributed by atoms with Gasteiger partial charge in [-0.2, -0.15) is 15.3 Å². The number of rotatable bonds is 5. The van der Waals surface area contributed by atoms with Crippen LogP contribution in [0.25, 0.3) is 16.6 Å². The Labute approximate surface area is 162 Å². The van der Waals surface area contributed by atoms with Crippen LogP contribution >= 0.6 is 0 Å². The second-order valence-electron chi connectivity index (χ2n) is 6.69. The Morgan fingerprint density at radius 2 is 1.96 bits per heavy atom. The van der Waals surface area contributed by atoms with Gasteiger partial charge in [-0.25, -0.2) is 14.6 Å². The van der Waals surface area contributed by atoms with Crippen LogP contribution in [-0.2, 0) is 0 Å². The molecule has 1 unspecified atom stereocenters. The van der Waals surface area contributed by atoms with E-state index in [9.17, 15) is 0 Å². The van der Waals surface area contributed by atoms with Crippen LogP contribution in [0.1, 0.15) is 29.9 Å². The Morgan fingerprint density at radius 1 is 1.11 bits per heavy atom. The van der Waals surface area contributed by atoms with Gasteiger partial charge < -0.3 is 10.1 Å². The number of hydrogen-bond donors (Lipinski definition) is 1. The summed E-state index contributed by atoms with van der Waals surface area (Å²) < 4.78 is 7.38. The molecule has 8 nitrogen and oxygen atoms in total. The van der Waals surface area contributed by atoms with Crippen molar-refractivity contribution in [2.75, 3.05) is 12.4 Å². The first-order chi connectivity index (χ1) is 13.5. The fraction of sp³-hybridized carbons (Fsp3) is 0.250. The standard InChI is InChI=1S/C20H21N7O/c1-12-9-23-27(10-12)15-7-16-19(18(8-15)28-4)21-11-22-20(16)24-14(3)17-6-5-13(2)25-26-17/h5-11,14H,1-4H3,(H,21,22,24). The minimum atomic E-state index is -0.0761. The first kappa shape index (κ1) is 17.8. The predicted molar refractivity (Wildman–Crippen MR) is 107 cm³/mol. The first-order valence-electron chi connectivity index (χ1n) is 8.96. The van der Waals surface area contributed by atoms with Crippen molar-refractivity contribution in [1.29, 1.82) is 0 Å². The van der Waals surface area contributed by atoms with Gasteiger partial charge in [0.2, 0.25) is 0 Å². The lowest BCUT2D eigenvalue weighted by molar-refractivity contribution is 0.418. The van der Waals surface area contributed by atoms with E-state index in [0.717, 1.165) is 33.5 Å². The normalized spacial score (nSPS) is 12.1. The fourth-order valence-electron chi connectivity index (χ4n) is 3.00. The van der Waals surface area contributed by atoms with E-state index >= 15 is 0 Å². The monoisotopic (exact) mass is 375 g/mol. The molecule has 0 aliphatic heterocycles. The molecular weight excluding hydrogens is 354 g/mol. The van der Waals surface area contributed by atoms with Gasteiger partial charge in [0.25, 0.3) is 0 Å². The average molecular weight is 375 g/mol. The topological polar surface area (TPSA) is 90.6 Å². The van der Waals surface area contributed by atoms with Gasteiger partial charge >= 0.3 is 0 Å². The Hall–Kier alpha value is -3.55. The number of nitrogens with one attached hydrogen (secondary N) is 1. The van der Waals surface area contributed by atoms with Crippen LogP contribution in [0, 0.1) is 13.8 Å². The van der Waals surface area contributed by atoms with Crippen LogP contribution in [0.3, 0.4) is 0 Å². The lowest BCUT2D eigenvalue weighted by Crippen LogP contribution is -2.11. The van der Waals surface area contributed by atoms with Gasteiger partial charge in [-0.05, 0) is 44.5 Å². The van der Waals surface area contributed by atoms with Crippen LogP contribution in [-0.4, -0.2) is 37.1 Å². The SMILES string of the molecule is COc1cc(-n2cc(C)cn2)cc2c(NC(C)c3ccc(C)nn3)ncnc12. The molecule has 3 heterocycles. The van der Waals surface area contributed by atoms with Crippen molar-refractivity contribution in [1.82, 2.24) is 29.9 Å². The van der Waals surface area contributed by atoms with Gasteiger partial charge in [0.1, 0.15) is 23.4 Å². The van der Waals surface area contributed by atoms with Crippen LogP contribution in [0.4, 0.5) is 5.82 Å². The maximum atomic E-state index is 5.57. The van der Waals surface area contributed by atoms with Gasteiger partial charge in [0, 0.05) is 17.6 Å². The van der Waals surface area contributed by atoms with E-state index in [-0.39, 0.29) is 6.04 Å². The number of methoxy groups -OCH3 is 1. The van der Waals surface area contributed by atoms with Crippen LogP contribution < -0.4 is 10.1 Å². The molecule has 0 spiro atoms. The van der Waals surface area contributed by atoms with E-state index in [1.807, 2.05) is 62.1 Å². The molecule has 1 aromatic carbocycles. The highest BCUT2D eigenvalue weighted by Crippen LogP contribution is 2.32. The highest BCUT2D eigenvalue weighted by Gasteiger charge is 2.15. The second kappa shape index (κ2) is 7.22. The van der Waals surface area contributed by atoms with E-state index in [1.54, 1.807) is 7.11 Å². The molecule has 142 valence electrons. The highest BCUT2D eigenvalue weighted by atomic mass is 16.5. The third-order valence-electron chi connectivity index (χ3n) is 4.50. The van der Waals surface area contributed by atoms with Crippen molar-refractivity contribution >= 4 is 16.7 Å². The second-order valence-corrected chi connectivity index (χ2v) is 6.69. The summed E-state index contributed by atoms with van der Waals surface area (Å²) in [6.07, 6.45) is 5.30. The van der Waals surface area contributed by atoms with Gasteiger partial charge in [-0.15, -0.1) is 0 Å². The number of nitrogens with zero attached hydrogens (tertiary/aromatic N) is 6. The molecule has 3 aromatic heterocycles. The third kappa shape index (κ3) is 3.36. The zero-order valence-corrected chi connectivity index (χ0v) is 16.2. The summed E-state index contributed by atoms with van der Waals surface area (Å²) in [5.74, 6) is 1.36. The summed E-state index contributed by atoms with van der Waals surface area (Å²) in [5.41, 5.74) is 4.40. The Balaban J connectivity index is 1.78. The van der Waals surface area contributed by atoms with Gasteiger partial charge in [-0.1, -0.05) is 0 Å². The van der Waals surface area contributed by atoms with Crippen LogP contribution in [0.5, 0.6) is 5.75 Å². The van der Waals surface area contributed by atoms with E-state index in [4.69, 9.17) is 4.74 Å². The molecule has 1 atom stereocenters. The molecule has 0 bridgehead atoms. The van der Waals surface area contributed by atoms with Crippen molar-refractivity contribution < 1.29 is 4.74 Å². The number of benzene rings is 1. The largest absolute Gasteiger partial charge is 0.494 e. The van der Waals surface area contributed by atoms with E-state index in [2.05, 4.69) is 30.6 Å². The van der Waals surface area contributed by atoms with Gasteiger partial charge in [-0.3, -0.25) is 0 Å². The van der Waals surface area contributed by atoms with Crippen molar-refractivity contribution in [3.05, 3.63) is 59.9 Å². The third-order valence-corrected chi connectivity index (χ3v) is 4.50. The van der Waals surface area contributed by atoms with Crippen molar-refractivity contribution in [3.63, 3.8) is 0 Å². The zero-order valence-electron chi connectivity index (χ0n) is 16.2. The van der Waals surface area contributed by atoms with E-state index < -0.39 is 0 Å². The predicted octanol–water partition coefficient (Wildman–Crippen LogP) is 3.40. The van der Waals surface area contributed by atoms with Crippen LogP contribution in [0.2, 0.25) is 0 Å². The number of ether oxygens (including phenoxy) is 1. The molecule has 0 aliphatic rings. The Kier molecular flexibility index (Phi) is 4.60. The number of aromatic nitrogens is 6. The Morgan fingerprint density at radius 3 is 2.64 bits per heavy atom. The van der Waals surface area contributed by atoms with Gasteiger partial charge in [0.15, 0.2) is 0 Å². The van der Waals surface area contributed by atoms with E-state index in [0.29, 0.717) is 11.6 Å². The summed E-state index contributed by atoms with van der Waals surface area (Å²) in [5, 5.41) is 17.1. The maximum absolute atomic E-state index is 5.57. The fourth-order valence-corrected chi connectivity index (χ4v) is 3.00. The minimum absolute atomic E-state index is 0.0761. The van der Waals surface area contributed by atoms with Crippen LogP contribution in [0.15, 0.2) is 43.0 Å². The summed E-state index contributed by atoms with van der Waals surface area (Å²) >= 11 is 0. The minimum Gasteiger partial charge on any atom is -0.494 e. The quantitative estimate of drug-likeness (QED) is 0.571. The van der Waals surface area contributed by atoms with Crippen molar-refractivity contribution in [2.45, 2.75) is 26.8 Å². The van der Waals surface area contributed by atoms with E-state index in [1.165, 1.54) is 6.33 Å². The number of aryl methyl sites for hydroxylation is 2. The van der Waals surface area contributed by atoms with Gasteiger partial charge in [0.05, 0.1) is 36.4 Å². The average Bonchev–Trinajstić information content (AvgIpc) is 3.14. The molecule has 28 heavy (non-hydrogen) atoms. The molecule has 0 saturated heterocycles. The molecule has 0 amide bonds. The lowest BCUT2D eigenvalue weighted by Gasteiger charge is -2.16. The molecular formula is C20H21N7O. The molecule has 4 aromatic rings. The van der Waals surface area contributed by atoms with Crippen molar-refractivity contribution in [2.24, 2.45) is 0 Å². The van der Waals surface area contributed by atoms with Crippen molar-refractivity contribution in [3.8, 4) is 11.4 Å². The maximum Gasteiger partial charge on any atom is 0.147 e. The number of fused-ring (bicyclic) bond motifs is 1. The molecule has 0 saturated carbocycles. The number of anilines is 1. The summed E-state index contributed by atoms with van der Waals surface area (Å²) in [7, 11) is 1.63.